The van der Waals surface area contributed by atoms with E-state index in [-0.39, 0.29) is 18.0 Å². The van der Waals surface area contributed by atoms with E-state index in [1.165, 1.54) is 0 Å². The second-order valence-corrected chi connectivity index (χ2v) is 6.00. The summed E-state index contributed by atoms with van der Waals surface area (Å²) in [6, 6.07) is 10.1. The van der Waals surface area contributed by atoms with Gasteiger partial charge in [-0.3, -0.25) is 4.79 Å². The lowest BCUT2D eigenvalue weighted by Crippen LogP contribution is -2.33. The van der Waals surface area contributed by atoms with E-state index in [9.17, 15) is 4.79 Å². The topological polar surface area (TPSA) is 55.1 Å². The molecule has 1 aromatic carbocycles. The molecule has 3 heteroatoms. The van der Waals surface area contributed by atoms with Crippen molar-refractivity contribution in [3.63, 3.8) is 0 Å². The average molecular weight is 276 g/mol. The summed E-state index contributed by atoms with van der Waals surface area (Å²) in [6.45, 7) is 6.47. The van der Waals surface area contributed by atoms with Gasteiger partial charge < -0.3 is 11.1 Å². The monoisotopic (exact) mass is 276 g/mol. The fourth-order valence-corrected chi connectivity index (χ4v) is 2.16. The molecule has 112 valence electrons. The molecule has 1 amide bonds. The summed E-state index contributed by atoms with van der Waals surface area (Å²) in [5.41, 5.74) is 7.18. The summed E-state index contributed by atoms with van der Waals surface area (Å²) in [7, 11) is 0. The Kier molecular flexibility index (Phi) is 7.31. The zero-order chi connectivity index (χ0) is 15.0. The molecule has 1 rings (SSSR count). The number of benzene rings is 1. The maximum Gasteiger partial charge on any atom is 0.220 e. The van der Waals surface area contributed by atoms with Crippen molar-refractivity contribution < 1.29 is 4.79 Å². The number of hydrogen-bond donors (Lipinski definition) is 2. The van der Waals surface area contributed by atoms with Gasteiger partial charge in [-0.25, -0.2) is 0 Å². The molecule has 0 spiro atoms. The van der Waals surface area contributed by atoms with Crippen molar-refractivity contribution in [2.45, 2.75) is 58.5 Å². The molecule has 3 N–H and O–H groups in total. The molecule has 0 aliphatic rings. The first-order valence-electron chi connectivity index (χ1n) is 7.59. The number of carbonyl (C=O) groups excluding carboxylic acids is 1. The Bertz CT molecular complexity index is 389. The lowest BCUT2D eigenvalue weighted by atomic mass is 10.0. The highest BCUT2D eigenvalue weighted by molar-refractivity contribution is 5.76. The van der Waals surface area contributed by atoms with Crippen LogP contribution in [-0.4, -0.2) is 11.9 Å². The quantitative estimate of drug-likeness (QED) is 0.764. The van der Waals surface area contributed by atoms with Crippen molar-refractivity contribution in [3.05, 3.63) is 35.9 Å². The van der Waals surface area contributed by atoms with Gasteiger partial charge in [0, 0.05) is 18.5 Å². The maximum absolute atomic E-state index is 11.9. The Labute approximate surface area is 122 Å². The normalized spacial score (nSPS) is 14.1. The molecule has 0 aliphatic heterocycles. The second kappa shape index (κ2) is 8.75. The van der Waals surface area contributed by atoms with Crippen LogP contribution < -0.4 is 11.1 Å². The Morgan fingerprint density at radius 2 is 1.75 bits per heavy atom. The van der Waals surface area contributed by atoms with E-state index >= 15 is 0 Å². The second-order valence-electron chi connectivity index (χ2n) is 6.00. The van der Waals surface area contributed by atoms with E-state index in [1.807, 2.05) is 30.3 Å². The number of nitrogens with two attached hydrogens (primary N) is 1. The number of nitrogens with one attached hydrogen (secondary N) is 1. The molecule has 3 nitrogen and oxygen atoms in total. The molecule has 0 aromatic heterocycles. The van der Waals surface area contributed by atoms with Gasteiger partial charge in [-0.1, -0.05) is 44.2 Å². The zero-order valence-corrected chi connectivity index (χ0v) is 12.9. The van der Waals surface area contributed by atoms with Crippen LogP contribution in [0.1, 0.15) is 58.1 Å². The van der Waals surface area contributed by atoms with Crippen molar-refractivity contribution in [1.29, 1.82) is 0 Å². The van der Waals surface area contributed by atoms with Crippen molar-refractivity contribution >= 4 is 5.91 Å². The van der Waals surface area contributed by atoms with Gasteiger partial charge in [-0.15, -0.1) is 0 Å². The van der Waals surface area contributed by atoms with Gasteiger partial charge >= 0.3 is 0 Å². The molecule has 20 heavy (non-hydrogen) atoms. The molecular formula is C17H28N2O. The van der Waals surface area contributed by atoms with Crippen molar-refractivity contribution in [2.75, 3.05) is 0 Å². The van der Waals surface area contributed by atoms with Crippen LogP contribution in [0, 0.1) is 5.92 Å². The lowest BCUT2D eigenvalue weighted by molar-refractivity contribution is -0.121. The molecule has 2 atom stereocenters. The molecule has 0 fully saturated rings. The molecule has 0 heterocycles. The Hall–Kier alpha value is -1.35. The van der Waals surface area contributed by atoms with Crippen molar-refractivity contribution in [1.82, 2.24) is 5.32 Å². The first kappa shape index (κ1) is 16.7. The average Bonchev–Trinajstić information content (AvgIpc) is 2.43. The minimum absolute atomic E-state index is 0.0621. The number of carbonyl (C=O) groups is 1. The van der Waals surface area contributed by atoms with E-state index < -0.39 is 0 Å². The summed E-state index contributed by atoms with van der Waals surface area (Å²) >= 11 is 0. The van der Waals surface area contributed by atoms with Crippen LogP contribution in [-0.2, 0) is 4.79 Å². The fraction of sp³-hybridized carbons (Fsp3) is 0.588. The van der Waals surface area contributed by atoms with Gasteiger partial charge in [0.1, 0.15) is 0 Å². The molecule has 0 aliphatic carbocycles. The van der Waals surface area contributed by atoms with E-state index in [4.69, 9.17) is 5.73 Å². The van der Waals surface area contributed by atoms with Gasteiger partial charge in [-0.05, 0) is 37.7 Å². The highest BCUT2D eigenvalue weighted by atomic mass is 16.1. The summed E-state index contributed by atoms with van der Waals surface area (Å²) in [5.74, 6) is 0.786. The standard InChI is InChI=1S/C17H28N2O/c1-13(2)9-10-14(3)19-17(20)12-11-16(18)15-7-5-4-6-8-15/h4-8,13-14,16H,9-12,18H2,1-3H3,(H,19,20). The third kappa shape index (κ3) is 6.71. The highest BCUT2D eigenvalue weighted by Crippen LogP contribution is 2.15. The first-order chi connectivity index (χ1) is 9.49. The summed E-state index contributed by atoms with van der Waals surface area (Å²) in [4.78, 5) is 11.9. The third-order valence-corrected chi connectivity index (χ3v) is 3.49. The smallest absolute Gasteiger partial charge is 0.220 e. The lowest BCUT2D eigenvalue weighted by Gasteiger charge is -2.16. The SMILES string of the molecule is CC(C)CCC(C)NC(=O)CCC(N)c1ccccc1. The van der Waals surface area contributed by atoms with E-state index in [2.05, 4.69) is 26.1 Å². The molecule has 2 unspecified atom stereocenters. The van der Waals surface area contributed by atoms with Gasteiger partial charge in [0.25, 0.3) is 0 Å². The van der Waals surface area contributed by atoms with Gasteiger partial charge in [0.2, 0.25) is 5.91 Å². The van der Waals surface area contributed by atoms with Crippen LogP contribution in [0.15, 0.2) is 30.3 Å². The predicted molar refractivity (Wildman–Crippen MR) is 84.3 cm³/mol. The molecule has 0 saturated carbocycles. The van der Waals surface area contributed by atoms with E-state index in [1.54, 1.807) is 0 Å². The molecule has 1 aromatic rings. The van der Waals surface area contributed by atoms with Crippen LogP contribution in [0.2, 0.25) is 0 Å². The van der Waals surface area contributed by atoms with Gasteiger partial charge in [0.05, 0.1) is 0 Å². The summed E-state index contributed by atoms with van der Waals surface area (Å²) in [6.07, 6.45) is 3.36. The van der Waals surface area contributed by atoms with Crippen LogP contribution in [0.4, 0.5) is 0 Å². The fourth-order valence-electron chi connectivity index (χ4n) is 2.16. The third-order valence-electron chi connectivity index (χ3n) is 3.49. The number of amides is 1. The van der Waals surface area contributed by atoms with Crippen molar-refractivity contribution in [3.8, 4) is 0 Å². The minimum Gasteiger partial charge on any atom is -0.354 e. The van der Waals surface area contributed by atoms with E-state index in [0.717, 1.165) is 18.4 Å². The Morgan fingerprint density at radius 3 is 2.35 bits per heavy atom. The highest BCUT2D eigenvalue weighted by Gasteiger charge is 2.11. The van der Waals surface area contributed by atoms with Gasteiger partial charge in [-0.2, -0.15) is 0 Å². The maximum atomic E-state index is 11.9. The largest absolute Gasteiger partial charge is 0.354 e. The van der Waals surface area contributed by atoms with E-state index in [0.29, 0.717) is 18.8 Å². The minimum atomic E-state index is -0.0621. The number of hydrogen-bond acceptors (Lipinski definition) is 2. The van der Waals surface area contributed by atoms with Crippen LogP contribution in [0.5, 0.6) is 0 Å². The van der Waals surface area contributed by atoms with Crippen LogP contribution in [0.3, 0.4) is 0 Å². The van der Waals surface area contributed by atoms with Crippen LogP contribution in [0.25, 0.3) is 0 Å². The molecule has 0 bridgehead atoms. The summed E-state index contributed by atoms with van der Waals surface area (Å²) in [5, 5.41) is 3.05. The van der Waals surface area contributed by atoms with Gasteiger partial charge in [0.15, 0.2) is 0 Å². The molecule has 0 radical (unpaired) electrons. The van der Waals surface area contributed by atoms with Crippen molar-refractivity contribution in [2.24, 2.45) is 11.7 Å². The number of rotatable bonds is 8. The predicted octanol–water partition coefficient (Wildman–Crippen LogP) is 3.41. The zero-order valence-electron chi connectivity index (χ0n) is 12.9. The first-order valence-corrected chi connectivity index (χ1v) is 7.59. The molecular weight excluding hydrogens is 248 g/mol. The van der Waals surface area contributed by atoms with Crippen LogP contribution >= 0.6 is 0 Å². The molecule has 0 saturated heterocycles. The summed E-state index contributed by atoms with van der Waals surface area (Å²) < 4.78 is 0. The Balaban J connectivity index is 2.26. The Morgan fingerprint density at radius 1 is 1.10 bits per heavy atom.